The Hall–Kier alpha value is -1.52. The van der Waals surface area contributed by atoms with Crippen molar-refractivity contribution in [2.24, 2.45) is 0 Å². The van der Waals surface area contributed by atoms with Gasteiger partial charge in [-0.3, -0.25) is 0 Å². The second-order valence-electron chi connectivity index (χ2n) is 3.86. The van der Waals surface area contributed by atoms with E-state index in [4.69, 9.17) is 11.6 Å². The minimum absolute atomic E-state index is 0.0748. The van der Waals surface area contributed by atoms with Gasteiger partial charge in [-0.15, -0.1) is 0 Å². The molecule has 0 fully saturated rings. The summed E-state index contributed by atoms with van der Waals surface area (Å²) in [5.41, 5.74) is 1.86. The molecule has 2 rings (SSSR count). The molecule has 5 heteroatoms. The molecule has 0 aliphatic rings. The average molecular weight is 252 g/mol. The third-order valence-electron chi connectivity index (χ3n) is 2.72. The number of rotatable bonds is 3. The highest BCUT2D eigenvalue weighted by Crippen LogP contribution is 2.28. The Morgan fingerprint density at radius 2 is 2.24 bits per heavy atom. The van der Waals surface area contributed by atoms with Crippen molar-refractivity contribution in [3.05, 3.63) is 35.1 Å². The molecule has 3 N–H and O–H groups in total. The van der Waals surface area contributed by atoms with Crippen molar-refractivity contribution in [1.29, 1.82) is 0 Å². The molecule has 0 aliphatic heterocycles. The van der Waals surface area contributed by atoms with E-state index in [9.17, 15) is 5.11 Å². The molecule has 17 heavy (non-hydrogen) atoms. The van der Waals surface area contributed by atoms with Gasteiger partial charge in [-0.2, -0.15) is 0 Å². The summed E-state index contributed by atoms with van der Waals surface area (Å²) in [5.74, 6) is 0.815. The van der Waals surface area contributed by atoms with Crippen molar-refractivity contribution in [2.75, 3.05) is 7.05 Å². The number of phenols is 1. The lowest BCUT2D eigenvalue weighted by atomic mass is 10.2. The van der Waals surface area contributed by atoms with Crippen LogP contribution in [0.15, 0.2) is 24.4 Å². The maximum absolute atomic E-state index is 9.35. The lowest BCUT2D eigenvalue weighted by molar-refractivity contribution is 0.475. The van der Waals surface area contributed by atoms with Crippen LogP contribution in [0.1, 0.15) is 18.7 Å². The zero-order valence-corrected chi connectivity index (χ0v) is 10.4. The van der Waals surface area contributed by atoms with Gasteiger partial charge in [-0.25, -0.2) is 4.98 Å². The number of nitrogens with one attached hydrogen (secondary N) is 2. The highest BCUT2D eigenvalue weighted by Gasteiger charge is 2.09. The SMILES string of the molecule is CNC(C)c1cnc(-c2ccc(O)c(Cl)c2)[nH]1. The van der Waals surface area contributed by atoms with E-state index in [0.29, 0.717) is 5.02 Å². The molecule has 0 bridgehead atoms. The summed E-state index contributed by atoms with van der Waals surface area (Å²) in [6.07, 6.45) is 1.79. The Morgan fingerprint density at radius 1 is 1.47 bits per heavy atom. The van der Waals surface area contributed by atoms with Crippen LogP contribution in [0.3, 0.4) is 0 Å². The maximum Gasteiger partial charge on any atom is 0.137 e. The molecule has 0 radical (unpaired) electrons. The number of imidazole rings is 1. The molecule has 0 spiro atoms. The summed E-state index contributed by atoms with van der Waals surface area (Å²) >= 11 is 5.86. The average Bonchev–Trinajstić information content (AvgIpc) is 2.81. The molecular formula is C12H14ClN3O. The zero-order valence-electron chi connectivity index (χ0n) is 9.66. The number of phenolic OH excluding ortho intramolecular Hbond substituents is 1. The van der Waals surface area contributed by atoms with Crippen LogP contribution < -0.4 is 5.32 Å². The number of H-pyrrole nitrogens is 1. The fourth-order valence-electron chi connectivity index (χ4n) is 1.51. The molecule has 0 aliphatic carbocycles. The standard InChI is InChI=1S/C12H14ClN3O/c1-7(14-2)10-6-15-12(16-10)8-3-4-11(17)9(13)5-8/h3-7,14,17H,1-2H3,(H,15,16). The zero-order chi connectivity index (χ0) is 12.4. The van der Waals surface area contributed by atoms with Crippen molar-refractivity contribution >= 4 is 11.6 Å². The summed E-state index contributed by atoms with van der Waals surface area (Å²) in [7, 11) is 1.89. The fourth-order valence-corrected chi connectivity index (χ4v) is 1.69. The van der Waals surface area contributed by atoms with E-state index in [1.54, 1.807) is 24.4 Å². The number of hydrogen-bond acceptors (Lipinski definition) is 3. The summed E-state index contributed by atoms with van der Waals surface area (Å²) in [6.45, 7) is 2.04. The Kier molecular flexibility index (Phi) is 3.36. The minimum atomic E-state index is 0.0748. The number of aromatic amines is 1. The molecule has 4 nitrogen and oxygen atoms in total. The minimum Gasteiger partial charge on any atom is -0.506 e. The van der Waals surface area contributed by atoms with E-state index in [-0.39, 0.29) is 11.8 Å². The van der Waals surface area contributed by atoms with E-state index in [0.717, 1.165) is 17.1 Å². The third kappa shape index (κ3) is 2.43. The fraction of sp³-hybridized carbons (Fsp3) is 0.250. The van der Waals surface area contributed by atoms with Gasteiger partial charge in [0.1, 0.15) is 11.6 Å². The predicted octanol–water partition coefficient (Wildman–Crippen LogP) is 2.72. The Balaban J connectivity index is 2.33. The van der Waals surface area contributed by atoms with E-state index in [1.807, 2.05) is 14.0 Å². The van der Waals surface area contributed by atoms with Gasteiger partial charge in [0.2, 0.25) is 0 Å². The van der Waals surface area contributed by atoms with E-state index in [1.165, 1.54) is 0 Å². The highest BCUT2D eigenvalue weighted by molar-refractivity contribution is 6.32. The molecule has 1 aromatic heterocycles. The molecule has 0 saturated carbocycles. The number of aromatic hydroxyl groups is 1. The quantitative estimate of drug-likeness (QED) is 0.786. The molecule has 1 atom stereocenters. The Labute approximate surface area is 105 Å². The van der Waals surface area contributed by atoms with Gasteiger partial charge in [-0.05, 0) is 32.2 Å². The lowest BCUT2D eigenvalue weighted by Gasteiger charge is -2.06. The van der Waals surface area contributed by atoms with Crippen LogP contribution in [0, 0.1) is 0 Å². The largest absolute Gasteiger partial charge is 0.506 e. The number of hydrogen-bond donors (Lipinski definition) is 3. The number of halogens is 1. The lowest BCUT2D eigenvalue weighted by Crippen LogP contribution is -2.12. The van der Waals surface area contributed by atoms with E-state index < -0.39 is 0 Å². The molecule has 1 heterocycles. The monoisotopic (exact) mass is 251 g/mol. The molecule has 1 unspecified atom stereocenters. The molecular weight excluding hydrogens is 238 g/mol. The van der Waals surface area contributed by atoms with Crippen LogP contribution in [-0.4, -0.2) is 22.1 Å². The predicted molar refractivity (Wildman–Crippen MR) is 68.2 cm³/mol. The van der Waals surface area contributed by atoms with Crippen LogP contribution in [0.4, 0.5) is 0 Å². The summed E-state index contributed by atoms with van der Waals surface area (Å²) in [6, 6.07) is 5.22. The van der Waals surface area contributed by atoms with Gasteiger partial charge in [0.25, 0.3) is 0 Å². The Morgan fingerprint density at radius 3 is 2.88 bits per heavy atom. The Bertz CT molecular complexity index is 524. The first kappa shape index (κ1) is 12.0. The first-order valence-electron chi connectivity index (χ1n) is 5.33. The van der Waals surface area contributed by atoms with Gasteiger partial charge in [-0.1, -0.05) is 11.6 Å². The van der Waals surface area contributed by atoms with E-state index >= 15 is 0 Å². The topological polar surface area (TPSA) is 60.9 Å². The van der Waals surface area contributed by atoms with Crippen LogP contribution >= 0.6 is 11.6 Å². The highest BCUT2D eigenvalue weighted by atomic mass is 35.5. The van der Waals surface area contributed by atoms with Crippen LogP contribution in [-0.2, 0) is 0 Å². The summed E-state index contributed by atoms with van der Waals surface area (Å²) in [4.78, 5) is 7.50. The van der Waals surface area contributed by atoms with Crippen LogP contribution in [0.5, 0.6) is 5.75 Å². The van der Waals surface area contributed by atoms with Crippen molar-refractivity contribution in [1.82, 2.24) is 15.3 Å². The van der Waals surface area contributed by atoms with Crippen molar-refractivity contribution < 1.29 is 5.11 Å². The van der Waals surface area contributed by atoms with Crippen molar-refractivity contribution in [2.45, 2.75) is 13.0 Å². The maximum atomic E-state index is 9.35. The van der Waals surface area contributed by atoms with Crippen molar-refractivity contribution in [3.63, 3.8) is 0 Å². The summed E-state index contributed by atoms with van der Waals surface area (Å²) < 4.78 is 0. The van der Waals surface area contributed by atoms with Gasteiger partial charge in [0.15, 0.2) is 0 Å². The number of benzene rings is 1. The molecule has 1 aromatic carbocycles. The van der Waals surface area contributed by atoms with E-state index in [2.05, 4.69) is 15.3 Å². The van der Waals surface area contributed by atoms with Crippen LogP contribution in [0.2, 0.25) is 5.02 Å². The third-order valence-corrected chi connectivity index (χ3v) is 3.02. The molecule has 90 valence electrons. The number of nitrogens with zero attached hydrogens (tertiary/aromatic N) is 1. The summed E-state index contributed by atoms with van der Waals surface area (Å²) in [5, 5.41) is 12.8. The molecule has 2 aromatic rings. The van der Waals surface area contributed by atoms with Crippen molar-refractivity contribution in [3.8, 4) is 17.1 Å². The van der Waals surface area contributed by atoms with Gasteiger partial charge in [0.05, 0.1) is 16.9 Å². The van der Waals surface area contributed by atoms with Gasteiger partial charge < -0.3 is 15.4 Å². The number of aromatic nitrogens is 2. The van der Waals surface area contributed by atoms with Gasteiger partial charge in [0, 0.05) is 11.6 Å². The van der Waals surface area contributed by atoms with Gasteiger partial charge >= 0.3 is 0 Å². The normalized spacial score (nSPS) is 12.6. The molecule has 0 saturated heterocycles. The smallest absolute Gasteiger partial charge is 0.137 e. The molecule has 0 amide bonds. The van der Waals surface area contributed by atoms with Crippen LogP contribution in [0.25, 0.3) is 11.4 Å². The first-order chi connectivity index (χ1) is 8.11. The first-order valence-corrected chi connectivity index (χ1v) is 5.70. The second-order valence-corrected chi connectivity index (χ2v) is 4.27. The second kappa shape index (κ2) is 4.77.